The van der Waals surface area contributed by atoms with Gasteiger partial charge in [0.2, 0.25) is 11.6 Å². The minimum atomic E-state index is -0.548. The summed E-state index contributed by atoms with van der Waals surface area (Å²) in [6, 6.07) is 25.3. The van der Waals surface area contributed by atoms with Crippen LogP contribution >= 0.6 is 23.2 Å². The van der Waals surface area contributed by atoms with Gasteiger partial charge in [0.1, 0.15) is 5.82 Å². The van der Waals surface area contributed by atoms with E-state index in [0.29, 0.717) is 27.7 Å². The number of ketones is 2. The molecule has 47 heavy (non-hydrogen) atoms. The highest BCUT2D eigenvalue weighted by Gasteiger charge is 2.23. The summed E-state index contributed by atoms with van der Waals surface area (Å²) < 4.78 is 2.11. The third-order valence-corrected chi connectivity index (χ3v) is 8.02. The van der Waals surface area contributed by atoms with E-state index in [-0.39, 0.29) is 6.61 Å². The lowest BCUT2D eigenvalue weighted by molar-refractivity contribution is 0.0817. The van der Waals surface area contributed by atoms with E-state index in [1.807, 2.05) is 36.4 Å². The third-order valence-electron chi connectivity index (χ3n) is 7.52. The van der Waals surface area contributed by atoms with Crippen LogP contribution in [-0.2, 0) is 6.54 Å². The van der Waals surface area contributed by atoms with Gasteiger partial charge < -0.3 is 9.67 Å². The molecule has 0 bridgehead atoms. The van der Waals surface area contributed by atoms with Gasteiger partial charge in [0.15, 0.2) is 0 Å². The number of aromatic nitrogens is 4. The molecule has 3 heterocycles. The molecule has 0 atom stereocenters. The van der Waals surface area contributed by atoms with Crippen LogP contribution in [0.3, 0.4) is 0 Å². The molecule has 1 N–H and O–H groups in total. The lowest BCUT2D eigenvalue weighted by atomic mass is 9.99. The number of aliphatic hydroxyl groups excluding tert-OH is 1. The van der Waals surface area contributed by atoms with E-state index in [0.717, 1.165) is 33.9 Å². The zero-order chi connectivity index (χ0) is 33.5. The molecule has 3 aromatic heterocycles. The predicted molar refractivity (Wildman–Crippen MR) is 187 cm³/mol. The second kappa shape index (κ2) is 15.1. The van der Waals surface area contributed by atoms with E-state index in [2.05, 4.69) is 47.4 Å². The highest BCUT2D eigenvalue weighted by Crippen LogP contribution is 2.38. The van der Waals surface area contributed by atoms with Crippen LogP contribution in [0.4, 0.5) is 0 Å². The second-order valence-electron chi connectivity index (χ2n) is 10.9. The number of Topliss-reactive ketones (excluding diaryl/α,β-unsaturated/α-hetero) is 2. The average Bonchev–Trinajstić information content (AvgIpc) is 3.44. The normalized spacial score (nSPS) is 10.7. The molecule has 3 aromatic carbocycles. The molecular weight excluding hydrogens is 631 g/mol. The van der Waals surface area contributed by atoms with Gasteiger partial charge >= 0.3 is 0 Å². The van der Waals surface area contributed by atoms with Crippen LogP contribution in [0.1, 0.15) is 37.4 Å². The van der Waals surface area contributed by atoms with E-state index in [4.69, 9.17) is 28.2 Å². The van der Waals surface area contributed by atoms with E-state index in [1.54, 1.807) is 24.5 Å². The average molecular weight is 664 g/mol. The van der Waals surface area contributed by atoms with Crippen molar-refractivity contribution in [2.75, 3.05) is 6.61 Å². The SMILES string of the molecule is Cc1cc(C)c(-c2nc(-c3ccncc3)c(-c3ccc(Cl)cc3)n2CCO)c(C)c1.O=C(C(=O)c1ccc(Cl)cc1)c1ccncc1. The zero-order valence-corrected chi connectivity index (χ0v) is 27.6. The zero-order valence-electron chi connectivity index (χ0n) is 26.1. The highest BCUT2D eigenvalue weighted by atomic mass is 35.5. The van der Waals surface area contributed by atoms with Crippen molar-refractivity contribution < 1.29 is 14.7 Å². The van der Waals surface area contributed by atoms with Crippen molar-refractivity contribution in [2.45, 2.75) is 27.3 Å². The maximum absolute atomic E-state index is 11.8. The summed E-state index contributed by atoms with van der Waals surface area (Å²) in [5, 5.41) is 11.1. The summed E-state index contributed by atoms with van der Waals surface area (Å²) in [6.07, 6.45) is 6.49. The maximum Gasteiger partial charge on any atom is 0.233 e. The third kappa shape index (κ3) is 7.72. The van der Waals surface area contributed by atoms with Gasteiger partial charge in [-0.25, -0.2) is 4.98 Å². The predicted octanol–water partition coefficient (Wildman–Crippen LogP) is 8.65. The van der Waals surface area contributed by atoms with Crippen molar-refractivity contribution >= 4 is 34.8 Å². The number of halogens is 2. The molecule has 236 valence electrons. The Morgan fingerprint density at radius 3 is 1.70 bits per heavy atom. The van der Waals surface area contributed by atoms with Crippen LogP contribution in [0.15, 0.2) is 110 Å². The first-order chi connectivity index (χ1) is 22.7. The minimum Gasteiger partial charge on any atom is -0.395 e. The van der Waals surface area contributed by atoms with Gasteiger partial charge in [0.05, 0.1) is 18.0 Å². The molecule has 0 unspecified atom stereocenters. The Morgan fingerprint density at radius 2 is 1.17 bits per heavy atom. The Bertz CT molecular complexity index is 1990. The van der Waals surface area contributed by atoms with Crippen molar-refractivity contribution in [1.82, 2.24) is 19.5 Å². The monoisotopic (exact) mass is 662 g/mol. The minimum absolute atomic E-state index is 0.0176. The van der Waals surface area contributed by atoms with Crippen molar-refractivity contribution in [1.29, 1.82) is 0 Å². The lowest BCUT2D eigenvalue weighted by Crippen LogP contribution is -2.14. The van der Waals surface area contributed by atoms with E-state index >= 15 is 0 Å². The lowest BCUT2D eigenvalue weighted by Gasteiger charge is -2.15. The molecule has 0 saturated heterocycles. The first-order valence-electron chi connectivity index (χ1n) is 14.9. The summed E-state index contributed by atoms with van der Waals surface area (Å²) in [6.45, 7) is 6.79. The molecular formula is C38H32Cl2N4O3. The number of aryl methyl sites for hydroxylation is 3. The van der Waals surface area contributed by atoms with Gasteiger partial charge in [-0.15, -0.1) is 0 Å². The van der Waals surface area contributed by atoms with E-state index in [1.165, 1.54) is 53.3 Å². The molecule has 0 spiro atoms. The molecule has 0 aliphatic heterocycles. The van der Waals surface area contributed by atoms with E-state index in [9.17, 15) is 14.7 Å². The van der Waals surface area contributed by atoms with Gasteiger partial charge in [0, 0.05) is 69.2 Å². The van der Waals surface area contributed by atoms with Gasteiger partial charge in [0.25, 0.3) is 0 Å². The summed E-state index contributed by atoms with van der Waals surface area (Å²) in [7, 11) is 0. The largest absolute Gasteiger partial charge is 0.395 e. The van der Waals surface area contributed by atoms with Crippen LogP contribution in [0, 0.1) is 20.8 Å². The summed E-state index contributed by atoms with van der Waals surface area (Å²) in [5.74, 6) is -0.238. The number of hydrogen-bond donors (Lipinski definition) is 1. The second-order valence-corrected chi connectivity index (χ2v) is 11.8. The van der Waals surface area contributed by atoms with Gasteiger partial charge in [-0.05, 0) is 92.6 Å². The number of nitrogens with zero attached hydrogens (tertiary/aromatic N) is 4. The first-order valence-corrected chi connectivity index (χ1v) is 15.6. The van der Waals surface area contributed by atoms with Gasteiger partial charge in [-0.1, -0.05) is 53.0 Å². The van der Waals surface area contributed by atoms with E-state index < -0.39 is 11.6 Å². The number of aliphatic hydroxyl groups is 1. The summed E-state index contributed by atoms with van der Waals surface area (Å²) in [4.78, 5) is 36.7. The van der Waals surface area contributed by atoms with Crippen LogP contribution < -0.4 is 0 Å². The van der Waals surface area contributed by atoms with Gasteiger partial charge in [-0.2, -0.15) is 0 Å². The van der Waals surface area contributed by atoms with Crippen molar-refractivity contribution in [2.24, 2.45) is 0 Å². The molecule has 6 rings (SSSR count). The van der Waals surface area contributed by atoms with Crippen molar-refractivity contribution in [3.8, 4) is 33.9 Å². The molecule has 0 amide bonds. The fourth-order valence-corrected chi connectivity index (χ4v) is 5.72. The molecule has 7 nitrogen and oxygen atoms in total. The molecule has 0 saturated carbocycles. The Kier molecular flexibility index (Phi) is 10.7. The summed E-state index contributed by atoms with van der Waals surface area (Å²) in [5.41, 5.74) is 9.13. The molecule has 6 aromatic rings. The van der Waals surface area contributed by atoms with Crippen LogP contribution in [0.5, 0.6) is 0 Å². The fraction of sp³-hybridized carbons (Fsp3) is 0.132. The Hall–Kier alpha value is -4.95. The van der Waals surface area contributed by atoms with Gasteiger partial charge in [-0.3, -0.25) is 19.6 Å². The molecule has 9 heteroatoms. The fourth-order valence-electron chi connectivity index (χ4n) is 5.47. The number of pyridine rings is 2. The smallest absolute Gasteiger partial charge is 0.233 e. The Balaban J connectivity index is 0.000000216. The molecule has 0 aliphatic rings. The number of rotatable bonds is 8. The number of imidazole rings is 1. The van der Waals surface area contributed by atoms with Crippen molar-refractivity contribution in [3.63, 3.8) is 0 Å². The quantitative estimate of drug-likeness (QED) is 0.129. The number of benzene rings is 3. The molecule has 0 aliphatic carbocycles. The topological polar surface area (TPSA) is 98.0 Å². The number of carbonyl (C=O) groups is 2. The first kappa shape index (κ1) is 33.4. The number of carbonyl (C=O) groups excluding carboxylic acids is 2. The van der Waals surface area contributed by atoms with Crippen LogP contribution in [-0.4, -0.2) is 42.8 Å². The summed E-state index contributed by atoms with van der Waals surface area (Å²) >= 11 is 11.9. The highest BCUT2D eigenvalue weighted by molar-refractivity contribution is 6.49. The Morgan fingerprint density at radius 1 is 0.681 bits per heavy atom. The maximum atomic E-state index is 11.8. The number of hydrogen-bond acceptors (Lipinski definition) is 6. The Labute approximate surface area is 283 Å². The van der Waals surface area contributed by atoms with Crippen molar-refractivity contribution in [3.05, 3.63) is 148 Å². The molecule has 0 fully saturated rings. The van der Waals surface area contributed by atoms with Crippen LogP contribution in [0.2, 0.25) is 10.0 Å². The standard InChI is InChI=1S/C25H24ClN3O.C13H8ClNO2/c1-16-14-17(2)22(18(3)15-16)25-28-23(19-8-10-27-11-9-19)24(29(25)12-13-30)20-4-6-21(26)7-5-20;14-11-3-1-9(2-4-11)12(16)13(17)10-5-7-15-8-6-10/h4-11,14-15,30H,12-13H2,1-3H3;1-8H. The molecule has 0 radical (unpaired) electrons. The van der Waals surface area contributed by atoms with Crippen LogP contribution in [0.25, 0.3) is 33.9 Å².